The van der Waals surface area contributed by atoms with Crippen molar-refractivity contribution in [3.8, 4) is 0 Å². The van der Waals surface area contributed by atoms with Gasteiger partial charge < -0.3 is 0 Å². The molecule has 4 heteroatoms. The van der Waals surface area contributed by atoms with Gasteiger partial charge in [-0.3, -0.25) is 0 Å². The fraction of sp³-hybridized carbons (Fsp3) is 1.00. The first-order chi connectivity index (χ1) is 4.48. The van der Waals surface area contributed by atoms with Gasteiger partial charge in [0.15, 0.2) is 0 Å². The van der Waals surface area contributed by atoms with E-state index in [-0.39, 0.29) is 0 Å². The molecule has 0 aliphatic rings. The molecule has 0 aliphatic heterocycles. The van der Waals surface area contributed by atoms with Gasteiger partial charge in [0, 0.05) is 0 Å². The Kier molecular flexibility index (Phi) is 5.04. The third kappa shape index (κ3) is 4.62. The van der Waals surface area contributed by atoms with Crippen LogP contribution >= 0.6 is 34.8 Å². The Morgan fingerprint density at radius 1 is 1.50 bits per heavy atom. The van der Waals surface area contributed by atoms with Crippen molar-refractivity contribution in [3.63, 3.8) is 0 Å². The topological polar surface area (TPSA) is 19.9 Å². The molecule has 61 valence electrons. The summed E-state index contributed by atoms with van der Waals surface area (Å²) in [5.74, 6) is 0. The van der Waals surface area contributed by atoms with Gasteiger partial charge >= 0.3 is 0 Å². The van der Waals surface area contributed by atoms with Crippen LogP contribution in [-0.2, 0) is 5.11 Å². The van der Waals surface area contributed by atoms with Crippen molar-refractivity contribution in [2.24, 2.45) is 0 Å². The van der Waals surface area contributed by atoms with E-state index < -0.39 is 9.90 Å². The van der Waals surface area contributed by atoms with Crippen LogP contribution in [0, 0.1) is 0 Å². The summed E-state index contributed by atoms with van der Waals surface area (Å²) in [4.78, 5) is 0. The normalized spacial score (nSPS) is 15.3. The van der Waals surface area contributed by atoms with Gasteiger partial charge in [-0.1, -0.05) is 43.0 Å². The summed E-state index contributed by atoms with van der Waals surface area (Å²) in [6.45, 7) is 2.01. The molecule has 1 nitrogen and oxygen atoms in total. The molecule has 0 rings (SSSR count). The number of unbranched alkanes of at least 4 members (excludes halogenated alkanes) is 1. The molecule has 10 heavy (non-hydrogen) atoms. The molecule has 0 aromatic rings. The Balaban J connectivity index is 3.52. The SMILES string of the molecule is CCCCC(Cl)C([O])(Cl)Cl. The van der Waals surface area contributed by atoms with Gasteiger partial charge in [-0.2, -0.15) is 5.11 Å². The van der Waals surface area contributed by atoms with E-state index in [0.717, 1.165) is 12.8 Å². The summed E-state index contributed by atoms with van der Waals surface area (Å²) in [6.07, 6.45) is 2.46. The third-order valence-electron chi connectivity index (χ3n) is 1.18. The van der Waals surface area contributed by atoms with Gasteiger partial charge in [-0.15, -0.1) is 11.6 Å². The average molecular weight is 205 g/mol. The summed E-state index contributed by atoms with van der Waals surface area (Å²) < 4.78 is -2.03. The highest BCUT2D eigenvalue weighted by molar-refractivity contribution is 6.50. The molecule has 1 radical (unpaired) electrons. The number of alkyl halides is 3. The number of rotatable bonds is 4. The second kappa shape index (κ2) is 4.66. The second-order valence-electron chi connectivity index (χ2n) is 2.17. The van der Waals surface area contributed by atoms with E-state index in [1.165, 1.54) is 0 Å². The van der Waals surface area contributed by atoms with E-state index >= 15 is 0 Å². The second-order valence-corrected chi connectivity index (χ2v) is 4.01. The first-order valence-electron chi connectivity index (χ1n) is 3.20. The van der Waals surface area contributed by atoms with Crippen LogP contribution in [0.4, 0.5) is 0 Å². The van der Waals surface area contributed by atoms with E-state index in [9.17, 15) is 5.11 Å². The highest BCUT2D eigenvalue weighted by Gasteiger charge is 2.31. The van der Waals surface area contributed by atoms with Gasteiger partial charge in [0.1, 0.15) is 0 Å². The molecule has 0 fully saturated rings. The van der Waals surface area contributed by atoms with Crippen LogP contribution in [0.5, 0.6) is 0 Å². The molecule has 0 amide bonds. The van der Waals surface area contributed by atoms with Crippen LogP contribution in [0.2, 0.25) is 0 Å². The smallest absolute Gasteiger partial charge is 0.192 e. The predicted molar refractivity (Wildman–Crippen MR) is 44.3 cm³/mol. The molecule has 0 aromatic carbocycles. The summed E-state index contributed by atoms with van der Waals surface area (Å²) in [5, 5.41) is 10.0. The standard InChI is InChI=1S/C6H10Cl3O/c1-2-3-4-5(7)6(8,9)10/h5H,2-4H2,1H3. The molecular formula is C6H10Cl3O. The number of hydrogen-bond acceptors (Lipinski definition) is 0. The molecule has 0 aromatic heterocycles. The van der Waals surface area contributed by atoms with Crippen LogP contribution in [0.15, 0.2) is 0 Å². The fourth-order valence-corrected chi connectivity index (χ4v) is 0.924. The van der Waals surface area contributed by atoms with Crippen molar-refractivity contribution in [1.29, 1.82) is 0 Å². The maximum Gasteiger partial charge on any atom is 0.266 e. The lowest BCUT2D eigenvalue weighted by Gasteiger charge is -2.15. The summed E-state index contributed by atoms with van der Waals surface area (Å²) in [7, 11) is 0. The monoisotopic (exact) mass is 203 g/mol. The quantitative estimate of drug-likeness (QED) is 0.626. The maximum absolute atomic E-state index is 10.7. The zero-order chi connectivity index (χ0) is 8.20. The predicted octanol–water partition coefficient (Wildman–Crippen LogP) is 3.35. The molecule has 0 spiro atoms. The Labute approximate surface area is 76.3 Å². The van der Waals surface area contributed by atoms with E-state index in [2.05, 4.69) is 0 Å². The van der Waals surface area contributed by atoms with Gasteiger partial charge in [-0.05, 0) is 6.42 Å². The Hall–Kier alpha value is 0.830. The molecule has 1 atom stereocenters. The third-order valence-corrected chi connectivity index (χ3v) is 2.45. The maximum atomic E-state index is 10.7. The number of hydrogen-bond donors (Lipinski definition) is 0. The largest absolute Gasteiger partial charge is 0.266 e. The Morgan fingerprint density at radius 3 is 2.30 bits per heavy atom. The highest BCUT2D eigenvalue weighted by atomic mass is 35.5. The van der Waals surface area contributed by atoms with E-state index in [1.54, 1.807) is 0 Å². The van der Waals surface area contributed by atoms with Crippen LogP contribution in [0.1, 0.15) is 26.2 Å². The van der Waals surface area contributed by atoms with Crippen molar-refractivity contribution in [3.05, 3.63) is 0 Å². The molecular weight excluding hydrogens is 194 g/mol. The lowest BCUT2D eigenvalue weighted by Crippen LogP contribution is -2.23. The van der Waals surface area contributed by atoms with Crippen molar-refractivity contribution in [2.45, 2.75) is 36.1 Å². The van der Waals surface area contributed by atoms with Crippen molar-refractivity contribution >= 4 is 34.8 Å². The molecule has 0 saturated carbocycles. The van der Waals surface area contributed by atoms with E-state index in [0.29, 0.717) is 6.42 Å². The van der Waals surface area contributed by atoms with Gasteiger partial charge in [0.25, 0.3) is 4.52 Å². The molecule has 0 bridgehead atoms. The van der Waals surface area contributed by atoms with Gasteiger partial charge in [-0.25, -0.2) is 0 Å². The van der Waals surface area contributed by atoms with Crippen LogP contribution in [0.3, 0.4) is 0 Å². The number of halogens is 3. The lowest BCUT2D eigenvalue weighted by molar-refractivity contribution is 0.114. The van der Waals surface area contributed by atoms with Crippen LogP contribution in [0.25, 0.3) is 0 Å². The molecule has 0 aliphatic carbocycles. The van der Waals surface area contributed by atoms with E-state index in [1.807, 2.05) is 6.92 Å². The Morgan fingerprint density at radius 2 is 2.00 bits per heavy atom. The van der Waals surface area contributed by atoms with Crippen molar-refractivity contribution < 1.29 is 5.11 Å². The summed E-state index contributed by atoms with van der Waals surface area (Å²) in [6, 6.07) is 0. The van der Waals surface area contributed by atoms with E-state index in [4.69, 9.17) is 34.8 Å². The fourth-order valence-electron chi connectivity index (χ4n) is 0.551. The minimum atomic E-state index is -2.03. The Bertz CT molecular complexity index is 89.5. The summed E-state index contributed by atoms with van der Waals surface area (Å²) >= 11 is 16.0. The molecule has 0 heterocycles. The lowest BCUT2D eigenvalue weighted by atomic mass is 10.2. The minimum Gasteiger partial charge on any atom is -0.192 e. The summed E-state index contributed by atoms with van der Waals surface area (Å²) in [5.41, 5.74) is 0. The van der Waals surface area contributed by atoms with Gasteiger partial charge in [0.2, 0.25) is 0 Å². The molecule has 0 N–H and O–H groups in total. The van der Waals surface area contributed by atoms with Gasteiger partial charge in [0.05, 0.1) is 5.38 Å². The zero-order valence-electron chi connectivity index (χ0n) is 5.74. The average Bonchev–Trinajstić information content (AvgIpc) is 1.80. The first-order valence-corrected chi connectivity index (χ1v) is 4.40. The van der Waals surface area contributed by atoms with Crippen molar-refractivity contribution in [2.75, 3.05) is 0 Å². The molecule has 1 unspecified atom stereocenters. The molecule has 0 saturated heterocycles. The highest BCUT2D eigenvalue weighted by Crippen LogP contribution is 2.29. The van der Waals surface area contributed by atoms with Crippen molar-refractivity contribution in [1.82, 2.24) is 0 Å². The first kappa shape index (κ1) is 10.8. The van der Waals surface area contributed by atoms with Crippen LogP contribution < -0.4 is 0 Å². The van der Waals surface area contributed by atoms with Crippen LogP contribution in [-0.4, -0.2) is 9.90 Å². The zero-order valence-corrected chi connectivity index (χ0v) is 8.01. The minimum absolute atomic E-state index is 0.578.